The maximum Gasteiger partial charge on any atom is 0.331 e. The molecule has 3 fully saturated rings. The Morgan fingerprint density at radius 2 is 2.00 bits per heavy atom. The van der Waals surface area contributed by atoms with E-state index in [1.807, 2.05) is 0 Å². The maximum absolute atomic E-state index is 12.5. The van der Waals surface area contributed by atoms with Crippen LogP contribution in [0.1, 0.15) is 51.9 Å². The number of hydrogen-bond acceptors (Lipinski definition) is 3. The molecule has 1 heterocycles. The topological polar surface area (TPSA) is 66.5 Å². The summed E-state index contributed by atoms with van der Waals surface area (Å²) >= 11 is 0. The Bertz CT molecular complexity index is 442. The molecule has 2 aliphatic carbocycles. The second-order valence-corrected chi connectivity index (χ2v) is 6.11. The molecule has 1 N–H and O–H groups in total. The molecule has 5 heteroatoms. The summed E-state index contributed by atoms with van der Waals surface area (Å²) in [5.41, 5.74) is -0.896. The predicted octanol–water partition coefficient (Wildman–Crippen LogP) is 1.81. The fourth-order valence-corrected chi connectivity index (χ4v) is 3.46. The van der Waals surface area contributed by atoms with Gasteiger partial charge >= 0.3 is 6.03 Å². The molecule has 0 aromatic carbocycles. The van der Waals surface area contributed by atoms with Crippen molar-refractivity contribution < 1.29 is 14.4 Å². The second kappa shape index (κ2) is 4.32. The van der Waals surface area contributed by atoms with Crippen LogP contribution in [0.15, 0.2) is 0 Å². The van der Waals surface area contributed by atoms with E-state index in [1.165, 1.54) is 11.3 Å². The third-order valence-corrected chi connectivity index (χ3v) is 4.95. The van der Waals surface area contributed by atoms with Crippen molar-refractivity contribution in [3.05, 3.63) is 0 Å². The molecule has 2 saturated carbocycles. The Hall–Kier alpha value is -1.39. The van der Waals surface area contributed by atoms with Gasteiger partial charge in [-0.15, -0.1) is 0 Å². The van der Waals surface area contributed by atoms with Crippen LogP contribution in [0.2, 0.25) is 0 Å². The van der Waals surface area contributed by atoms with Crippen molar-refractivity contribution in [1.82, 2.24) is 10.2 Å². The summed E-state index contributed by atoms with van der Waals surface area (Å²) < 4.78 is 0. The number of rotatable bonds is 2. The summed E-state index contributed by atoms with van der Waals surface area (Å²) in [6, 6.07) is -0.522. The van der Waals surface area contributed by atoms with Crippen LogP contribution in [0, 0.1) is 11.3 Å². The molecule has 0 aromatic rings. The molecule has 2 unspecified atom stereocenters. The normalized spacial score (nSPS) is 33.5. The molecule has 0 aromatic heterocycles. The summed E-state index contributed by atoms with van der Waals surface area (Å²) in [5, 5.41) is 2.37. The predicted molar refractivity (Wildman–Crippen MR) is 68.1 cm³/mol. The summed E-state index contributed by atoms with van der Waals surface area (Å²) in [6.07, 6.45) is 6.27. The molecule has 1 saturated heterocycles. The van der Waals surface area contributed by atoms with Gasteiger partial charge in [0.15, 0.2) is 0 Å². The van der Waals surface area contributed by atoms with Gasteiger partial charge < -0.3 is 0 Å². The fraction of sp³-hybridized carbons (Fsp3) is 0.786. The molecule has 0 radical (unpaired) electrons. The van der Waals surface area contributed by atoms with Gasteiger partial charge in [0.05, 0.1) is 0 Å². The number of carbonyl (C=O) groups excluding carboxylic acids is 3. The molecule has 1 spiro atoms. The van der Waals surface area contributed by atoms with Gasteiger partial charge in [-0.2, -0.15) is 0 Å². The zero-order valence-corrected chi connectivity index (χ0v) is 11.3. The lowest BCUT2D eigenvalue weighted by molar-refractivity contribution is -0.146. The van der Waals surface area contributed by atoms with E-state index in [2.05, 4.69) is 12.2 Å². The largest absolute Gasteiger partial charge is 0.331 e. The number of nitrogens with one attached hydrogen (secondary N) is 1. The maximum atomic E-state index is 12.5. The second-order valence-electron chi connectivity index (χ2n) is 6.11. The molecule has 4 amide bonds. The lowest BCUT2D eigenvalue weighted by Crippen LogP contribution is -2.62. The lowest BCUT2D eigenvalue weighted by atomic mass is 9.82. The van der Waals surface area contributed by atoms with Gasteiger partial charge in [0.2, 0.25) is 11.8 Å². The SMILES string of the molecule is CCC1CCCC(N2C(=O)NC(=O)C3(CC3)C2=O)C1. The van der Waals surface area contributed by atoms with E-state index in [1.54, 1.807) is 0 Å². The van der Waals surface area contributed by atoms with E-state index in [0.29, 0.717) is 18.8 Å². The molecular weight excluding hydrogens is 244 g/mol. The number of urea groups is 1. The summed E-state index contributed by atoms with van der Waals surface area (Å²) in [7, 11) is 0. The van der Waals surface area contributed by atoms with Crippen LogP contribution in [0.3, 0.4) is 0 Å². The van der Waals surface area contributed by atoms with Crippen molar-refractivity contribution in [2.24, 2.45) is 11.3 Å². The van der Waals surface area contributed by atoms with Gasteiger partial charge in [-0.05, 0) is 31.6 Å². The van der Waals surface area contributed by atoms with Gasteiger partial charge in [0.1, 0.15) is 5.41 Å². The highest BCUT2D eigenvalue weighted by atomic mass is 16.2. The van der Waals surface area contributed by atoms with E-state index in [4.69, 9.17) is 0 Å². The fourth-order valence-electron chi connectivity index (χ4n) is 3.46. The van der Waals surface area contributed by atoms with E-state index < -0.39 is 11.4 Å². The number of hydrogen-bond donors (Lipinski definition) is 1. The zero-order chi connectivity index (χ0) is 13.6. The van der Waals surface area contributed by atoms with Crippen LogP contribution < -0.4 is 5.32 Å². The zero-order valence-electron chi connectivity index (χ0n) is 11.3. The van der Waals surface area contributed by atoms with Gasteiger partial charge in [-0.3, -0.25) is 19.8 Å². The highest BCUT2D eigenvalue weighted by molar-refractivity contribution is 6.21. The van der Waals surface area contributed by atoms with Crippen LogP contribution in [0.25, 0.3) is 0 Å². The third-order valence-electron chi connectivity index (χ3n) is 4.95. The van der Waals surface area contributed by atoms with Gasteiger partial charge in [-0.1, -0.05) is 26.2 Å². The molecule has 5 nitrogen and oxygen atoms in total. The molecule has 19 heavy (non-hydrogen) atoms. The average Bonchev–Trinajstić information content (AvgIpc) is 3.19. The smallest absolute Gasteiger partial charge is 0.277 e. The average molecular weight is 264 g/mol. The minimum Gasteiger partial charge on any atom is -0.277 e. The first-order valence-electron chi connectivity index (χ1n) is 7.27. The first kappa shape index (κ1) is 12.6. The Morgan fingerprint density at radius 1 is 1.26 bits per heavy atom. The number of carbonyl (C=O) groups is 3. The van der Waals surface area contributed by atoms with E-state index in [9.17, 15) is 14.4 Å². The molecule has 3 rings (SSSR count). The van der Waals surface area contributed by atoms with Crippen LogP contribution >= 0.6 is 0 Å². The van der Waals surface area contributed by atoms with E-state index in [-0.39, 0.29) is 17.9 Å². The first-order chi connectivity index (χ1) is 9.08. The molecular formula is C14H20N2O3. The number of imide groups is 2. The van der Waals surface area contributed by atoms with E-state index in [0.717, 1.165) is 25.7 Å². The molecule has 1 aliphatic heterocycles. The van der Waals surface area contributed by atoms with Gasteiger partial charge in [0, 0.05) is 6.04 Å². The summed E-state index contributed by atoms with van der Waals surface area (Å²) in [6.45, 7) is 2.15. The standard InChI is InChI=1S/C14H20N2O3/c1-2-9-4-3-5-10(8-9)16-12(18)14(6-7-14)11(17)15-13(16)19/h9-10H,2-8H2,1H3,(H,15,17,19). The van der Waals surface area contributed by atoms with Crippen LogP contribution in [-0.2, 0) is 9.59 Å². The Balaban J connectivity index is 1.81. The minimum atomic E-state index is -0.896. The lowest BCUT2D eigenvalue weighted by Gasteiger charge is -2.39. The van der Waals surface area contributed by atoms with Crippen molar-refractivity contribution in [2.45, 2.75) is 57.9 Å². The van der Waals surface area contributed by atoms with Crippen molar-refractivity contribution in [3.8, 4) is 0 Å². The summed E-state index contributed by atoms with van der Waals surface area (Å²) in [5.74, 6) is -0.0447. The number of nitrogens with zero attached hydrogens (tertiary/aromatic N) is 1. The van der Waals surface area contributed by atoms with Crippen LogP contribution in [0.5, 0.6) is 0 Å². The molecule has 0 bridgehead atoms. The van der Waals surface area contributed by atoms with Crippen molar-refractivity contribution in [2.75, 3.05) is 0 Å². The number of amides is 4. The highest BCUT2D eigenvalue weighted by Gasteiger charge is 2.63. The quantitative estimate of drug-likeness (QED) is 0.773. The molecule has 104 valence electrons. The van der Waals surface area contributed by atoms with Crippen molar-refractivity contribution in [3.63, 3.8) is 0 Å². The third kappa shape index (κ3) is 1.86. The summed E-state index contributed by atoms with van der Waals surface area (Å²) in [4.78, 5) is 37.6. The van der Waals surface area contributed by atoms with Crippen LogP contribution in [-0.4, -0.2) is 28.8 Å². The van der Waals surface area contributed by atoms with E-state index >= 15 is 0 Å². The Labute approximate surface area is 112 Å². The Kier molecular flexibility index (Phi) is 2.87. The minimum absolute atomic E-state index is 0.0169. The van der Waals surface area contributed by atoms with Gasteiger partial charge in [-0.25, -0.2) is 4.79 Å². The monoisotopic (exact) mass is 264 g/mol. The van der Waals surface area contributed by atoms with Gasteiger partial charge in [0.25, 0.3) is 0 Å². The number of barbiturate groups is 1. The Morgan fingerprint density at radius 3 is 2.63 bits per heavy atom. The highest BCUT2D eigenvalue weighted by Crippen LogP contribution is 2.50. The molecule has 3 aliphatic rings. The van der Waals surface area contributed by atoms with Crippen molar-refractivity contribution >= 4 is 17.8 Å². The molecule has 2 atom stereocenters. The van der Waals surface area contributed by atoms with Crippen LogP contribution in [0.4, 0.5) is 4.79 Å². The first-order valence-corrected chi connectivity index (χ1v) is 7.27. The van der Waals surface area contributed by atoms with Crippen molar-refractivity contribution in [1.29, 1.82) is 0 Å².